The van der Waals surface area contributed by atoms with E-state index < -0.39 is 10.1 Å². The zero-order valence-corrected chi connectivity index (χ0v) is 20.4. The van der Waals surface area contributed by atoms with Gasteiger partial charge in [0.2, 0.25) is 5.95 Å². The number of benzene rings is 2. The van der Waals surface area contributed by atoms with Gasteiger partial charge < -0.3 is 29.2 Å². The summed E-state index contributed by atoms with van der Waals surface area (Å²) in [5, 5.41) is 22.1. The van der Waals surface area contributed by atoms with E-state index in [1.54, 1.807) is 29.2 Å². The number of likely N-dealkylation sites (tertiary alicyclic amines) is 1. The number of piperidine rings is 2. The minimum atomic E-state index is -4.15. The van der Waals surface area contributed by atoms with Crippen LogP contribution in [0.15, 0.2) is 47.4 Å². The van der Waals surface area contributed by atoms with Crippen molar-refractivity contribution in [3.05, 3.63) is 42.5 Å². The van der Waals surface area contributed by atoms with Crippen LogP contribution in [-0.2, 0) is 10.1 Å². The topological polar surface area (TPSA) is 148 Å². The average Bonchev–Trinajstić information content (AvgIpc) is 3.26. The largest absolute Gasteiger partial charge is 0.393 e. The fourth-order valence-electron chi connectivity index (χ4n) is 4.55. The predicted molar refractivity (Wildman–Crippen MR) is 134 cm³/mol. The number of hydrogen-bond acceptors (Lipinski definition) is 8. The quantitative estimate of drug-likeness (QED) is 0.378. The Kier molecular flexibility index (Phi) is 6.73. The molecule has 192 valence electrons. The number of anilines is 2. The van der Waals surface area contributed by atoms with Crippen LogP contribution in [0.2, 0.25) is 0 Å². The van der Waals surface area contributed by atoms with Crippen LogP contribution in [0.5, 0.6) is 5.75 Å². The number of aliphatic hydroxyl groups excluding tert-OH is 2. The summed E-state index contributed by atoms with van der Waals surface area (Å²) in [6.45, 7) is 2.03. The second-order valence-corrected chi connectivity index (χ2v) is 10.7. The van der Waals surface area contributed by atoms with Crippen molar-refractivity contribution in [2.45, 2.75) is 42.8 Å². The molecule has 2 saturated heterocycles. The average molecular weight is 516 g/mol. The molecule has 0 radical (unpaired) electrons. The van der Waals surface area contributed by atoms with E-state index in [0.29, 0.717) is 68.6 Å². The number of hydrogen-bond donors (Lipinski definition) is 4. The van der Waals surface area contributed by atoms with Gasteiger partial charge in [0.25, 0.3) is 0 Å². The van der Waals surface area contributed by atoms with E-state index in [9.17, 15) is 23.4 Å². The molecule has 4 N–H and O–H groups in total. The first-order valence-corrected chi connectivity index (χ1v) is 13.4. The number of fused-ring (bicyclic) bond motifs is 1. The predicted octanol–water partition coefficient (Wildman–Crippen LogP) is 2.28. The molecule has 0 saturated carbocycles. The Balaban J connectivity index is 1.32. The van der Waals surface area contributed by atoms with Crippen LogP contribution in [0.3, 0.4) is 0 Å². The van der Waals surface area contributed by atoms with Crippen molar-refractivity contribution < 1.29 is 27.6 Å². The second-order valence-electron chi connectivity index (χ2n) is 9.14. The van der Waals surface area contributed by atoms with Crippen molar-refractivity contribution in [1.82, 2.24) is 14.9 Å². The van der Waals surface area contributed by atoms with Crippen LogP contribution in [0, 0.1) is 0 Å². The van der Waals surface area contributed by atoms with Gasteiger partial charge in [0.15, 0.2) is 0 Å². The lowest BCUT2D eigenvalue weighted by Crippen LogP contribution is -2.42. The molecule has 0 bridgehead atoms. The van der Waals surface area contributed by atoms with E-state index in [1.807, 2.05) is 4.90 Å². The number of imidazole rings is 1. The molecule has 12 heteroatoms. The fraction of sp³-hybridized carbons (Fsp3) is 0.417. The maximum atomic E-state index is 13.2. The van der Waals surface area contributed by atoms with Crippen molar-refractivity contribution in [2.24, 2.45) is 0 Å². The summed E-state index contributed by atoms with van der Waals surface area (Å²) in [4.78, 5) is 23.5. The number of aromatic amines is 1. The van der Waals surface area contributed by atoms with E-state index >= 15 is 0 Å². The Morgan fingerprint density at radius 1 is 1.00 bits per heavy atom. The Morgan fingerprint density at radius 2 is 1.67 bits per heavy atom. The van der Waals surface area contributed by atoms with Gasteiger partial charge in [0.05, 0.1) is 28.9 Å². The normalized spacial score (nSPS) is 17.9. The number of para-hydroxylation sites is 1. The molecule has 1 aromatic heterocycles. The van der Waals surface area contributed by atoms with E-state index in [-0.39, 0.29) is 34.8 Å². The van der Waals surface area contributed by atoms with E-state index in [4.69, 9.17) is 4.18 Å². The van der Waals surface area contributed by atoms with Crippen LogP contribution in [0.1, 0.15) is 25.7 Å². The Hall–Kier alpha value is -3.35. The van der Waals surface area contributed by atoms with Crippen LogP contribution in [-0.4, -0.2) is 77.9 Å². The minimum Gasteiger partial charge on any atom is -0.393 e. The Labute approximate surface area is 208 Å². The summed E-state index contributed by atoms with van der Waals surface area (Å²) in [6.07, 6.45) is 1.46. The highest BCUT2D eigenvalue weighted by atomic mass is 32.2. The number of nitrogens with one attached hydrogen (secondary N) is 2. The van der Waals surface area contributed by atoms with E-state index in [1.165, 1.54) is 18.2 Å². The van der Waals surface area contributed by atoms with E-state index in [0.717, 1.165) is 0 Å². The molecule has 0 atom stereocenters. The van der Waals surface area contributed by atoms with Gasteiger partial charge in [-0.15, -0.1) is 0 Å². The third-order valence-corrected chi connectivity index (χ3v) is 7.87. The molecule has 2 amide bonds. The van der Waals surface area contributed by atoms with Gasteiger partial charge in [0.1, 0.15) is 10.6 Å². The number of aromatic nitrogens is 2. The van der Waals surface area contributed by atoms with Gasteiger partial charge >= 0.3 is 16.1 Å². The first-order valence-electron chi connectivity index (χ1n) is 12.0. The molecule has 2 aliphatic rings. The zero-order valence-electron chi connectivity index (χ0n) is 19.6. The molecular weight excluding hydrogens is 486 g/mol. The lowest BCUT2D eigenvalue weighted by molar-refractivity contribution is 0.0971. The SMILES string of the molecule is O=C(Nc1nc2cc(OS(=O)(=O)c3ccccc3N3CCC(O)CC3)ccc2[nH]1)N1CCC(O)CC1. The number of rotatable bonds is 5. The zero-order chi connectivity index (χ0) is 25.3. The highest BCUT2D eigenvalue weighted by molar-refractivity contribution is 7.87. The third kappa shape index (κ3) is 5.25. The van der Waals surface area contributed by atoms with E-state index in [2.05, 4.69) is 15.3 Å². The Morgan fingerprint density at radius 3 is 2.39 bits per heavy atom. The van der Waals surface area contributed by atoms with Crippen molar-refractivity contribution >= 4 is 38.8 Å². The van der Waals surface area contributed by atoms with Crippen LogP contribution in [0.25, 0.3) is 11.0 Å². The summed E-state index contributed by atoms with van der Waals surface area (Å²) in [5.74, 6) is 0.333. The maximum Gasteiger partial charge on any atom is 0.341 e. The highest BCUT2D eigenvalue weighted by Gasteiger charge is 2.27. The number of aliphatic hydroxyl groups is 2. The lowest BCUT2D eigenvalue weighted by atomic mass is 10.1. The standard InChI is InChI=1S/C24H29N5O6S/c30-16-7-11-28(12-8-16)21-3-1-2-4-22(21)36(33,34)35-18-5-6-19-20(15-18)26-23(25-19)27-24(32)29-13-9-17(31)10-14-29/h1-6,15-17,30-31H,7-14H2,(H2,25,26,27,32). The number of urea groups is 1. The molecule has 3 aromatic rings. The van der Waals surface area contributed by atoms with Crippen molar-refractivity contribution in [3.8, 4) is 5.75 Å². The van der Waals surface area contributed by atoms with Gasteiger partial charge in [-0.3, -0.25) is 5.32 Å². The summed E-state index contributed by atoms with van der Waals surface area (Å²) in [5.41, 5.74) is 1.59. The van der Waals surface area contributed by atoms with Gasteiger partial charge in [0, 0.05) is 32.2 Å². The first kappa shape index (κ1) is 24.3. The van der Waals surface area contributed by atoms with Gasteiger partial charge in [-0.25, -0.2) is 9.78 Å². The molecular formula is C24H29N5O6S. The van der Waals surface area contributed by atoms with Crippen LogP contribution < -0.4 is 14.4 Å². The van der Waals surface area contributed by atoms with Gasteiger partial charge in [-0.2, -0.15) is 8.42 Å². The second kappa shape index (κ2) is 9.96. The summed E-state index contributed by atoms with van der Waals surface area (Å²) < 4.78 is 31.9. The maximum absolute atomic E-state index is 13.2. The molecule has 2 aliphatic heterocycles. The number of carbonyl (C=O) groups is 1. The smallest absolute Gasteiger partial charge is 0.341 e. The number of nitrogens with zero attached hydrogens (tertiary/aromatic N) is 3. The monoisotopic (exact) mass is 515 g/mol. The summed E-state index contributed by atoms with van der Waals surface area (Å²) in [7, 11) is -4.15. The Bertz CT molecular complexity index is 1340. The minimum absolute atomic E-state index is 0.0584. The lowest BCUT2D eigenvalue weighted by Gasteiger charge is -2.32. The van der Waals surface area contributed by atoms with Gasteiger partial charge in [-0.1, -0.05) is 12.1 Å². The summed E-state index contributed by atoms with van der Waals surface area (Å²) in [6, 6.07) is 11.0. The van der Waals surface area contributed by atoms with Gasteiger partial charge in [-0.05, 0) is 49.9 Å². The number of amides is 2. The molecule has 0 unspecified atom stereocenters. The van der Waals surface area contributed by atoms with Crippen LogP contribution in [0.4, 0.5) is 16.4 Å². The van der Waals surface area contributed by atoms with Crippen molar-refractivity contribution in [1.29, 1.82) is 0 Å². The molecule has 0 aliphatic carbocycles. The highest BCUT2D eigenvalue weighted by Crippen LogP contribution is 2.31. The van der Waals surface area contributed by atoms with Crippen LogP contribution >= 0.6 is 0 Å². The van der Waals surface area contributed by atoms with Crippen molar-refractivity contribution in [3.63, 3.8) is 0 Å². The molecule has 5 rings (SSSR count). The molecule has 0 spiro atoms. The van der Waals surface area contributed by atoms with Crippen molar-refractivity contribution in [2.75, 3.05) is 36.4 Å². The molecule has 2 aromatic carbocycles. The molecule has 11 nitrogen and oxygen atoms in total. The molecule has 3 heterocycles. The number of H-pyrrole nitrogens is 1. The third-order valence-electron chi connectivity index (χ3n) is 6.58. The fourth-order valence-corrected chi connectivity index (χ4v) is 5.70. The summed E-state index contributed by atoms with van der Waals surface area (Å²) >= 11 is 0. The first-order chi connectivity index (χ1) is 17.3. The number of carbonyl (C=O) groups excluding carboxylic acids is 1. The molecule has 2 fully saturated rings. The molecule has 36 heavy (non-hydrogen) atoms.